The number of piperidine rings is 1. The first-order valence-electron chi connectivity index (χ1n) is 15.7. The van der Waals surface area contributed by atoms with E-state index in [2.05, 4.69) is 56.5 Å². The van der Waals surface area contributed by atoms with E-state index in [0.717, 1.165) is 81.9 Å². The van der Waals surface area contributed by atoms with Crippen LogP contribution in [0.2, 0.25) is 0 Å². The Morgan fingerprint density at radius 2 is 1.43 bits per heavy atom. The Morgan fingerprint density at radius 1 is 0.762 bits per heavy atom. The predicted molar refractivity (Wildman–Crippen MR) is 172 cm³/mol. The Balaban J connectivity index is 0.939. The van der Waals surface area contributed by atoms with Gasteiger partial charge in [0.1, 0.15) is 6.10 Å². The second-order valence-electron chi connectivity index (χ2n) is 11.5. The summed E-state index contributed by atoms with van der Waals surface area (Å²) in [6.07, 6.45) is 2.37. The van der Waals surface area contributed by atoms with Gasteiger partial charge in [-0.2, -0.15) is 0 Å². The van der Waals surface area contributed by atoms with Crippen LogP contribution < -0.4 is 10.6 Å². The average Bonchev–Trinajstić information content (AvgIpc) is 3.03. The lowest BCUT2D eigenvalue weighted by Crippen LogP contribution is -2.45. The lowest BCUT2D eigenvalue weighted by atomic mass is 10.0. The molecule has 2 heterocycles. The molecule has 224 valence electrons. The van der Waals surface area contributed by atoms with Crippen LogP contribution in [0.4, 0.5) is 10.5 Å². The number of piperazine rings is 1. The normalized spacial score (nSPS) is 17.3. The van der Waals surface area contributed by atoms with Gasteiger partial charge >= 0.3 is 6.09 Å². The van der Waals surface area contributed by atoms with Crippen molar-refractivity contribution in [3.05, 3.63) is 90.0 Å². The molecule has 2 fully saturated rings. The number of carbonyl (C=O) groups is 1. The molecular weight excluding hydrogens is 522 g/mol. The maximum atomic E-state index is 12.7. The van der Waals surface area contributed by atoms with E-state index in [1.165, 1.54) is 37.3 Å². The Labute approximate surface area is 251 Å². The van der Waals surface area contributed by atoms with Crippen molar-refractivity contribution >= 4 is 11.8 Å². The van der Waals surface area contributed by atoms with E-state index in [4.69, 9.17) is 4.74 Å². The highest BCUT2D eigenvalue weighted by molar-refractivity contribution is 5.91. The fourth-order valence-electron chi connectivity index (χ4n) is 5.93. The van der Waals surface area contributed by atoms with Gasteiger partial charge in [0.15, 0.2) is 0 Å². The molecule has 2 N–H and O–H groups in total. The summed E-state index contributed by atoms with van der Waals surface area (Å²) in [6, 6.07) is 27.1. The van der Waals surface area contributed by atoms with Crippen molar-refractivity contribution < 1.29 is 9.53 Å². The summed E-state index contributed by atoms with van der Waals surface area (Å²) >= 11 is 0. The van der Waals surface area contributed by atoms with E-state index in [1.807, 2.05) is 54.6 Å². The predicted octanol–water partition coefficient (Wildman–Crippen LogP) is 5.34. The number of nitrogens with zero attached hydrogens (tertiary/aromatic N) is 3. The summed E-state index contributed by atoms with van der Waals surface area (Å²) in [5.41, 5.74) is 5.64. The molecule has 0 spiro atoms. The average molecular weight is 570 g/mol. The Morgan fingerprint density at radius 3 is 2.17 bits per heavy atom. The van der Waals surface area contributed by atoms with Crippen LogP contribution >= 0.6 is 0 Å². The third-order valence-electron chi connectivity index (χ3n) is 8.59. The summed E-state index contributed by atoms with van der Waals surface area (Å²) in [6.45, 7) is 14.1. The van der Waals surface area contributed by atoms with Crippen molar-refractivity contribution in [3.63, 3.8) is 0 Å². The molecule has 0 aromatic heterocycles. The van der Waals surface area contributed by atoms with E-state index in [1.54, 1.807) is 0 Å². The molecule has 0 aliphatic carbocycles. The van der Waals surface area contributed by atoms with Crippen molar-refractivity contribution in [2.45, 2.75) is 38.8 Å². The number of likely N-dealkylation sites (tertiary alicyclic amines) is 1. The molecule has 2 aliphatic heterocycles. The third-order valence-corrected chi connectivity index (χ3v) is 8.59. The van der Waals surface area contributed by atoms with E-state index in [9.17, 15) is 4.79 Å². The first-order valence-corrected chi connectivity index (χ1v) is 15.7. The second kappa shape index (κ2) is 15.8. The molecule has 0 bridgehead atoms. The monoisotopic (exact) mass is 569 g/mol. The highest BCUT2D eigenvalue weighted by Gasteiger charge is 2.22. The summed E-state index contributed by atoms with van der Waals surface area (Å²) in [7, 11) is 0. The van der Waals surface area contributed by atoms with Crippen molar-refractivity contribution in [3.8, 4) is 11.1 Å². The molecule has 0 unspecified atom stereocenters. The molecule has 42 heavy (non-hydrogen) atoms. The number of hydrogen-bond acceptors (Lipinski definition) is 6. The maximum Gasteiger partial charge on any atom is 0.411 e. The quantitative estimate of drug-likeness (QED) is 0.288. The number of likely N-dealkylation sites (N-methyl/N-ethyl adjacent to an activating group) is 1. The highest BCUT2D eigenvalue weighted by atomic mass is 16.6. The zero-order valence-electron chi connectivity index (χ0n) is 25.1. The first kappa shape index (κ1) is 30.2. The lowest BCUT2D eigenvalue weighted by molar-refractivity contribution is 0.0593. The van der Waals surface area contributed by atoms with Crippen molar-refractivity contribution in [1.82, 2.24) is 20.0 Å². The van der Waals surface area contributed by atoms with Gasteiger partial charge in [0, 0.05) is 64.5 Å². The summed E-state index contributed by atoms with van der Waals surface area (Å²) in [4.78, 5) is 20.2. The molecule has 0 saturated carbocycles. The van der Waals surface area contributed by atoms with Crippen molar-refractivity contribution in [2.24, 2.45) is 0 Å². The fourth-order valence-corrected chi connectivity index (χ4v) is 5.93. The molecule has 0 atom stereocenters. The molecular formula is C35H47N5O2. The van der Waals surface area contributed by atoms with Crippen LogP contribution in [-0.2, 0) is 17.7 Å². The van der Waals surface area contributed by atoms with Crippen LogP contribution in [0.3, 0.4) is 0 Å². The third kappa shape index (κ3) is 9.13. The molecule has 3 aromatic rings. The molecule has 2 aliphatic rings. The Hall–Kier alpha value is -3.23. The van der Waals surface area contributed by atoms with E-state index in [0.29, 0.717) is 0 Å². The standard InChI is InChI=1S/C35H47N5O2/c1-2-38-24-26-40(27-25-38)28-30-14-12-29(13-15-30)16-19-36-20-23-39-21-17-32(18-22-39)42-35(41)37-34-11-7-6-10-33(34)31-8-4-3-5-9-31/h3-15,32,36H,2,16-28H2,1H3,(H,37,41). The van der Waals surface area contributed by atoms with Gasteiger partial charge in [-0.25, -0.2) is 4.79 Å². The SMILES string of the molecule is CCN1CCN(Cc2ccc(CCNCCN3CCC(OC(=O)Nc4ccccc4-c4ccccc4)CC3)cc2)CC1. The molecule has 7 heteroatoms. The number of amides is 1. The number of nitrogens with one attached hydrogen (secondary N) is 2. The fraction of sp³-hybridized carbons (Fsp3) is 0.457. The van der Waals surface area contributed by atoms with Gasteiger partial charge in [-0.1, -0.05) is 79.7 Å². The van der Waals surface area contributed by atoms with Gasteiger partial charge in [-0.15, -0.1) is 0 Å². The van der Waals surface area contributed by atoms with E-state index in [-0.39, 0.29) is 12.2 Å². The van der Waals surface area contributed by atoms with E-state index < -0.39 is 0 Å². The van der Waals surface area contributed by atoms with Crippen LogP contribution in [0.5, 0.6) is 0 Å². The molecule has 7 nitrogen and oxygen atoms in total. The maximum absolute atomic E-state index is 12.7. The number of benzene rings is 3. The molecule has 2 saturated heterocycles. The Kier molecular flexibility index (Phi) is 11.4. The van der Waals surface area contributed by atoms with E-state index >= 15 is 0 Å². The minimum absolute atomic E-state index is 0.0398. The zero-order valence-corrected chi connectivity index (χ0v) is 25.1. The van der Waals surface area contributed by atoms with Gasteiger partial charge in [-0.3, -0.25) is 10.2 Å². The number of ether oxygens (including phenoxy) is 1. The number of para-hydroxylation sites is 1. The number of carbonyl (C=O) groups excluding carboxylic acids is 1. The number of anilines is 1. The minimum Gasteiger partial charge on any atom is -0.446 e. The zero-order chi connectivity index (χ0) is 29.0. The largest absolute Gasteiger partial charge is 0.446 e. The van der Waals surface area contributed by atoms with Gasteiger partial charge in [-0.05, 0) is 55.1 Å². The number of hydrogen-bond donors (Lipinski definition) is 2. The van der Waals surface area contributed by atoms with Gasteiger partial charge in [0.25, 0.3) is 0 Å². The number of rotatable bonds is 12. The van der Waals surface area contributed by atoms with Gasteiger partial charge in [0.2, 0.25) is 0 Å². The molecule has 0 radical (unpaired) electrons. The summed E-state index contributed by atoms with van der Waals surface area (Å²) in [5, 5.41) is 6.58. The lowest BCUT2D eigenvalue weighted by Gasteiger charge is -2.34. The minimum atomic E-state index is -0.374. The molecule has 3 aromatic carbocycles. The van der Waals surface area contributed by atoms with Crippen LogP contribution in [0.25, 0.3) is 11.1 Å². The van der Waals surface area contributed by atoms with Crippen LogP contribution in [0.1, 0.15) is 30.9 Å². The van der Waals surface area contributed by atoms with Crippen LogP contribution in [-0.4, -0.2) is 92.3 Å². The molecule has 5 rings (SSSR count). The summed E-state index contributed by atoms with van der Waals surface area (Å²) in [5.74, 6) is 0. The van der Waals surface area contributed by atoms with Crippen LogP contribution in [0.15, 0.2) is 78.9 Å². The highest BCUT2D eigenvalue weighted by Crippen LogP contribution is 2.28. The summed E-state index contributed by atoms with van der Waals surface area (Å²) < 4.78 is 5.79. The topological polar surface area (TPSA) is 60.1 Å². The second-order valence-corrected chi connectivity index (χ2v) is 11.5. The molecule has 1 amide bonds. The van der Waals surface area contributed by atoms with Crippen molar-refractivity contribution in [2.75, 3.05) is 70.8 Å². The first-order chi connectivity index (χ1) is 20.7. The smallest absolute Gasteiger partial charge is 0.411 e. The Bertz CT molecular complexity index is 1220. The van der Waals surface area contributed by atoms with Gasteiger partial charge < -0.3 is 19.9 Å². The van der Waals surface area contributed by atoms with Gasteiger partial charge in [0.05, 0.1) is 5.69 Å². The van der Waals surface area contributed by atoms with Crippen molar-refractivity contribution in [1.29, 1.82) is 0 Å². The van der Waals surface area contributed by atoms with Crippen LogP contribution in [0, 0.1) is 0 Å².